The number of hydrogen-bond donors (Lipinski definition) is 1. The lowest BCUT2D eigenvalue weighted by Crippen LogP contribution is -2.46. The molecule has 0 aromatic heterocycles. The van der Waals surface area contributed by atoms with Gasteiger partial charge in [-0.05, 0) is 36.1 Å². The van der Waals surface area contributed by atoms with Crippen molar-refractivity contribution >= 4 is 11.6 Å². The number of rotatable bonds is 5. The van der Waals surface area contributed by atoms with Gasteiger partial charge in [-0.1, -0.05) is 38.1 Å². The zero-order chi connectivity index (χ0) is 18.6. The summed E-state index contributed by atoms with van der Waals surface area (Å²) >= 11 is 0. The summed E-state index contributed by atoms with van der Waals surface area (Å²) in [6.07, 6.45) is 1.68. The van der Waals surface area contributed by atoms with Crippen LogP contribution in [0.3, 0.4) is 0 Å². The average Bonchev–Trinajstić information content (AvgIpc) is 2.58. The van der Waals surface area contributed by atoms with Gasteiger partial charge in [0.1, 0.15) is 6.04 Å². The monoisotopic (exact) mass is 352 g/mol. The number of halogens is 3. The lowest BCUT2D eigenvalue weighted by Gasteiger charge is -2.36. The van der Waals surface area contributed by atoms with Crippen molar-refractivity contribution in [2.45, 2.75) is 32.5 Å². The Labute approximate surface area is 146 Å². The largest absolute Gasteiger partial charge is 0.416 e. The Hall–Kier alpha value is -2.24. The first-order valence-electron chi connectivity index (χ1n) is 8.26. The number of likely N-dealkylation sites (N-methyl/N-ethyl adjacent to an activating group) is 1. The van der Waals surface area contributed by atoms with E-state index in [1.54, 1.807) is 19.2 Å². The second-order valence-electron chi connectivity index (χ2n) is 6.47. The first kappa shape index (κ1) is 19.1. The normalized spacial score (nSPS) is 16.0. The fourth-order valence-corrected chi connectivity index (χ4v) is 2.93. The summed E-state index contributed by atoms with van der Waals surface area (Å²) in [6.45, 7) is 4.51. The van der Waals surface area contributed by atoms with E-state index < -0.39 is 17.8 Å². The molecule has 0 radical (unpaired) electrons. The van der Waals surface area contributed by atoms with Gasteiger partial charge in [-0.25, -0.2) is 0 Å². The molecule has 1 amide bonds. The maximum atomic E-state index is 13.0. The van der Waals surface area contributed by atoms with Gasteiger partial charge in [0.05, 0.1) is 5.56 Å². The molecule has 0 aliphatic carbocycles. The minimum Gasteiger partial charge on any atom is -0.357 e. The summed E-state index contributed by atoms with van der Waals surface area (Å²) < 4.78 is 39.1. The topological polar surface area (TPSA) is 32.3 Å². The van der Waals surface area contributed by atoms with Crippen LogP contribution in [-0.4, -0.2) is 30.4 Å². The van der Waals surface area contributed by atoms with Gasteiger partial charge in [-0.2, -0.15) is 13.2 Å². The molecule has 1 N–H and O–H groups in total. The molecule has 1 heterocycles. The number of alkyl halides is 3. The molecule has 1 aromatic rings. The Morgan fingerprint density at radius 2 is 2.04 bits per heavy atom. The third kappa shape index (κ3) is 4.65. The first-order chi connectivity index (χ1) is 11.7. The molecule has 1 aromatic carbocycles. The minimum atomic E-state index is -4.40. The Balaban J connectivity index is 2.42. The standard InChI is InChI=1S/C19H23F3N2O/c1-13(2)11-17(18(25)23-3)24-10-5-4-9-16(24)14-7-6-8-15(12-14)19(20,21)22/h4-9,12-13,17H,10-11H2,1-3H3,(H,23,25)/t17-/m0/s1. The molecule has 1 aliphatic rings. The Morgan fingerprint density at radius 3 is 2.64 bits per heavy atom. The van der Waals surface area contributed by atoms with Crippen LogP contribution in [0.15, 0.2) is 42.5 Å². The molecule has 1 aliphatic heterocycles. The molecule has 0 unspecified atom stereocenters. The van der Waals surface area contributed by atoms with Crippen molar-refractivity contribution in [2.75, 3.05) is 13.6 Å². The van der Waals surface area contributed by atoms with Gasteiger partial charge in [0.15, 0.2) is 0 Å². The zero-order valence-electron chi connectivity index (χ0n) is 14.6. The quantitative estimate of drug-likeness (QED) is 0.866. The van der Waals surface area contributed by atoms with Crippen molar-refractivity contribution in [1.29, 1.82) is 0 Å². The second-order valence-corrected chi connectivity index (χ2v) is 6.47. The number of amides is 1. The first-order valence-corrected chi connectivity index (χ1v) is 8.26. The summed E-state index contributed by atoms with van der Waals surface area (Å²) in [4.78, 5) is 14.2. The van der Waals surface area contributed by atoms with E-state index in [1.165, 1.54) is 6.07 Å². The van der Waals surface area contributed by atoms with Crippen molar-refractivity contribution in [2.24, 2.45) is 5.92 Å². The highest BCUT2D eigenvalue weighted by Gasteiger charge is 2.32. The summed E-state index contributed by atoms with van der Waals surface area (Å²) in [5.74, 6) is 0.137. The lowest BCUT2D eigenvalue weighted by molar-refractivity contribution is -0.137. The number of allylic oxidation sites excluding steroid dienone is 2. The van der Waals surface area contributed by atoms with Crippen LogP contribution in [0.1, 0.15) is 31.4 Å². The fourth-order valence-electron chi connectivity index (χ4n) is 2.93. The molecule has 2 rings (SSSR count). The van der Waals surface area contributed by atoms with E-state index in [4.69, 9.17) is 0 Å². The van der Waals surface area contributed by atoms with Gasteiger partial charge in [0, 0.05) is 19.3 Å². The molecule has 0 saturated heterocycles. The van der Waals surface area contributed by atoms with Crippen molar-refractivity contribution < 1.29 is 18.0 Å². The Kier molecular flexibility index (Phi) is 5.93. The van der Waals surface area contributed by atoms with E-state index in [9.17, 15) is 18.0 Å². The Morgan fingerprint density at radius 1 is 1.32 bits per heavy atom. The predicted octanol–water partition coefficient (Wildman–Crippen LogP) is 4.08. The minimum absolute atomic E-state index is 0.137. The van der Waals surface area contributed by atoms with E-state index in [1.807, 2.05) is 30.9 Å². The van der Waals surface area contributed by atoms with Crippen LogP contribution >= 0.6 is 0 Å². The lowest BCUT2D eigenvalue weighted by atomic mass is 9.97. The predicted molar refractivity (Wildman–Crippen MR) is 92.6 cm³/mol. The SMILES string of the molecule is CNC(=O)[C@H](CC(C)C)N1CC=CC=C1c1cccc(C(F)(F)F)c1. The maximum Gasteiger partial charge on any atom is 0.416 e. The highest BCUT2D eigenvalue weighted by Crippen LogP contribution is 2.33. The van der Waals surface area contributed by atoms with Crippen molar-refractivity contribution in [3.63, 3.8) is 0 Å². The second kappa shape index (κ2) is 7.76. The van der Waals surface area contributed by atoms with Gasteiger partial charge in [0.25, 0.3) is 0 Å². The molecule has 0 fully saturated rings. The fraction of sp³-hybridized carbons (Fsp3) is 0.421. The van der Waals surface area contributed by atoms with Gasteiger partial charge in [0.2, 0.25) is 5.91 Å². The van der Waals surface area contributed by atoms with E-state index in [-0.39, 0.29) is 11.8 Å². The smallest absolute Gasteiger partial charge is 0.357 e. The van der Waals surface area contributed by atoms with Crippen LogP contribution in [0, 0.1) is 5.92 Å². The number of carbonyl (C=O) groups is 1. The molecule has 0 bridgehead atoms. The molecule has 1 atom stereocenters. The highest BCUT2D eigenvalue weighted by atomic mass is 19.4. The summed E-state index contributed by atoms with van der Waals surface area (Å²) in [6, 6.07) is 4.79. The van der Waals surface area contributed by atoms with Crippen molar-refractivity contribution in [1.82, 2.24) is 10.2 Å². The van der Waals surface area contributed by atoms with E-state index in [0.29, 0.717) is 24.2 Å². The molecule has 25 heavy (non-hydrogen) atoms. The van der Waals surface area contributed by atoms with Crippen molar-refractivity contribution in [3.05, 3.63) is 53.6 Å². The molecular weight excluding hydrogens is 329 g/mol. The Bertz CT molecular complexity index is 677. The highest BCUT2D eigenvalue weighted by molar-refractivity contribution is 5.84. The van der Waals surface area contributed by atoms with E-state index >= 15 is 0 Å². The van der Waals surface area contributed by atoms with Gasteiger partial charge >= 0.3 is 6.18 Å². The third-order valence-electron chi connectivity index (χ3n) is 4.11. The van der Waals surface area contributed by atoms with Crippen LogP contribution in [0.4, 0.5) is 13.2 Å². The number of benzene rings is 1. The molecule has 6 heteroatoms. The number of nitrogens with one attached hydrogen (secondary N) is 1. The molecular formula is C19H23F3N2O. The van der Waals surface area contributed by atoms with Gasteiger partial charge < -0.3 is 10.2 Å². The van der Waals surface area contributed by atoms with Crippen molar-refractivity contribution in [3.8, 4) is 0 Å². The summed E-state index contributed by atoms with van der Waals surface area (Å²) in [5.41, 5.74) is 0.389. The van der Waals surface area contributed by atoms with Crippen LogP contribution in [-0.2, 0) is 11.0 Å². The number of carbonyl (C=O) groups excluding carboxylic acids is 1. The molecule has 136 valence electrons. The van der Waals surface area contributed by atoms with Gasteiger partial charge in [-0.15, -0.1) is 0 Å². The third-order valence-corrected chi connectivity index (χ3v) is 4.11. The van der Waals surface area contributed by atoms with Gasteiger partial charge in [-0.3, -0.25) is 4.79 Å². The number of nitrogens with zero attached hydrogens (tertiary/aromatic N) is 1. The molecule has 0 saturated carbocycles. The molecule has 0 spiro atoms. The van der Waals surface area contributed by atoms with Crippen LogP contribution in [0.5, 0.6) is 0 Å². The zero-order valence-corrected chi connectivity index (χ0v) is 14.6. The maximum absolute atomic E-state index is 13.0. The summed E-state index contributed by atoms with van der Waals surface area (Å²) in [7, 11) is 1.57. The van der Waals surface area contributed by atoms with Crippen LogP contribution < -0.4 is 5.32 Å². The van der Waals surface area contributed by atoms with Crippen LogP contribution in [0.2, 0.25) is 0 Å². The van der Waals surface area contributed by atoms with Crippen LogP contribution in [0.25, 0.3) is 5.70 Å². The molecule has 3 nitrogen and oxygen atoms in total. The van der Waals surface area contributed by atoms with E-state index in [0.717, 1.165) is 12.1 Å². The summed E-state index contributed by atoms with van der Waals surface area (Å²) in [5, 5.41) is 2.66. The average molecular weight is 352 g/mol. The number of hydrogen-bond acceptors (Lipinski definition) is 2. The van der Waals surface area contributed by atoms with E-state index in [2.05, 4.69) is 5.32 Å².